The summed E-state index contributed by atoms with van der Waals surface area (Å²) in [7, 11) is 0. The minimum Gasteiger partial charge on any atom is -0.330 e. The van der Waals surface area contributed by atoms with Crippen molar-refractivity contribution in [1.82, 2.24) is 9.38 Å². The Balaban J connectivity index is 2.24. The molecule has 3 nitrogen and oxygen atoms in total. The van der Waals surface area contributed by atoms with Gasteiger partial charge in [0.2, 0.25) is 0 Å². The average Bonchev–Trinajstić information content (AvgIpc) is 2.80. The van der Waals surface area contributed by atoms with Crippen LogP contribution < -0.4 is 5.73 Å². The molecular formula is C15H15N3. The van der Waals surface area contributed by atoms with E-state index in [0.717, 1.165) is 29.0 Å². The standard InChI is InChI=1S/C15H15N3/c16-10-9-13-14-8-4-5-11-18(14)15(17-13)12-6-2-1-3-7-12/h1-8,11H,9-10,16H2. The molecule has 90 valence electrons. The highest BCUT2D eigenvalue weighted by molar-refractivity contribution is 5.65. The zero-order valence-corrected chi connectivity index (χ0v) is 10.1. The number of nitrogens with two attached hydrogens (primary N) is 1. The Hall–Kier alpha value is -2.13. The van der Waals surface area contributed by atoms with E-state index in [1.54, 1.807) is 0 Å². The fraction of sp³-hybridized carbons (Fsp3) is 0.133. The summed E-state index contributed by atoms with van der Waals surface area (Å²) < 4.78 is 2.13. The third-order valence-corrected chi connectivity index (χ3v) is 3.04. The largest absolute Gasteiger partial charge is 0.330 e. The predicted octanol–water partition coefficient (Wildman–Crippen LogP) is 2.50. The first-order chi connectivity index (χ1) is 8.90. The number of aromatic nitrogens is 2. The van der Waals surface area contributed by atoms with E-state index in [1.165, 1.54) is 0 Å². The van der Waals surface area contributed by atoms with Crippen LogP contribution in [0.2, 0.25) is 0 Å². The zero-order chi connectivity index (χ0) is 12.4. The van der Waals surface area contributed by atoms with E-state index in [4.69, 9.17) is 10.7 Å². The van der Waals surface area contributed by atoms with Crippen LogP contribution in [-0.2, 0) is 6.42 Å². The number of rotatable bonds is 3. The average molecular weight is 237 g/mol. The minimum atomic E-state index is 0.621. The number of pyridine rings is 1. The third kappa shape index (κ3) is 1.79. The van der Waals surface area contributed by atoms with Crippen LogP contribution in [0, 0.1) is 0 Å². The van der Waals surface area contributed by atoms with E-state index in [-0.39, 0.29) is 0 Å². The molecule has 0 unspecified atom stereocenters. The molecule has 2 aromatic heterocycles. The highest BCUT2D eigenvalue weighted by atomic mass is 15.0. The fourth-order valence-electron chi connectivity index (χ4n) is 2.21. The van der Waals surface area contributed by atoms with Crippen molar-refractivity contribution < 1.29 is 0 Å². The number of benzene rings is 1. The molecule has 0 aliphatic carbocycles. The summed E-state index contributed by atoms with van der Waals surface area (Å²) in [6.07, 6.45) is 2.85. The topological polar surface area (TPSA) is 43.3 Å². The Morgan fingerprint density at radius 1 is 1.00 bits per heavy atom. The SMILES string of the molecule is NCCc1nc(-c2ccccc2)n2ccccc12. The van der Waals surface area contributed by atoms with Gasteiger partial charge in [-0.2, -0.15) is 0 Å². The molecule has 18 heavy (non-hydrogen) atoms. The number of hydrogen-bond donors (Lipinski definition) is 1. The molecule has 0 atom stereocenters. The molecule has 0 amide bonds. The molecule has 0 aliphatic heterocycles. The van der Waals surface area contributed by atoms with E-state index in [2.05, 4.69) is 22.6 Å². The van der Waals surface area contributed by atoms with Crippen LogP contribution >= 0.6 is 0 Å². The van der Waals surface area contributed by atoms with Crippen molar-refractivity contribution in [2.24, 2.45) is 5.73 Å². The number of imidazole rings is 1. The van der Waals surface area contributed by atoms with Crippen molar-refractivity contribution in [3.63, 3.8) is 0 Å². The molecule has 2 N–H and O–H groups in total. The van der Waals surface area contributed by atoms with Crippen LogP contribution in [0.25, 0.3) is 16.9 Å². The Morgan fingerprint density at radius 3 is 2.56 bits per heavy atom. The first-order valence-corrected chi connectivity index (χ1v) is 6.11. The van der Waals surface area contributed by atoms with E-state index < -0.39 is 0 Å². The van der Waals surface area contributed by atoms with Gasteiger partial charge in [-0.05, 0) is 18.7 Å². The lowest BCUT2D eigenvalue weighted by Gasteiger charge is -2.00. The van der Waals surface area contributed by atoms with E-state index in [0.29, 0.717) is 6.54 Å². The van der Waals surface area contributed by atoms with Gasteiger partial charge in [0.15, 0.2) is 0 Å². The molecule has 0 fully saturated rings. The van der Waals surface area contributed by atoms with Gasteiger partial charge in [0, 0.05) is 18.2 Å². The van der Waals surface area contributed by atoms with Gasteiger partial charge in [0.05, 0.1) is 11.2 Å². The lowest BCUT2D eigenvalue weighted by atomic mass is 10.2. The van der Waals surface area contributed by atoms with Crippen molar-refractivity contribution in [3.05, 3.63) is 60.4 Å². The van der Waals surface area contributed by atoms with E-state index in [1.807, 2.05) is 36.5 Å². The molecule has 0 bridgehead atoms. The van der Waals surface area contributed by atoms with Gasteiger partial charge in [-0.1, -0.05) is 36.4 Å². The molecule has 2 heterocycles. The highest BCUT2D eigenvalue weighted by Crippen LogP contribution is 2.22. The van der Waals surface area contributed by atoms with Crippen molar-refractivity contribution in [2.75, 3.05) is 6.54 Å². The van der Waals surface area contributed by atoms with Crippen molar-refractivity contribution >= 4 is 5.52 Å². The molecule has 0 spiro atoms. The molecule has 0 saturated heterocycles. The van der Waals surface area contributed by atoms with Gasteiger partial charge >= 0.3 is 0 Å². The normalized spacial score (nSPS) is 10.9. The zero-order valence-electron chi connectivity index (χ0n) is 10.1. The van der Waals surface area contributed by atoms with Gasteiger partial charge in [-0.3, -0.25) is 4.40 Å². The smallest absolute Gasteiger partial charge is 0.144 e. The molecule has 0 saturated carbocycles. The van der Waals surface area contributed by atoms with E-state index >= 15 is 0 Å². The molecule has 0 aliphatic rings. The Morgan fingerprint density at radius 2 is 1.78 bits per heavy atom. The second-order valence-corrected chi connectivity index (χ2v) is 4.24. The highest BCUT2D eigenvalue weighted by Gasteiger charge is 2.10. The Bertz CT molecular complexity index is 656. The monoisotopic (exact) mass is 237 g/mol. The van der Waals surface area contributed by atoms with Gasteiger partial charge < -0.3 is 5.73 Å². The summed E-state index contributed by atoms with van der Waals surface area (Å²) in [5.41, 5.74) is 8.98. The number of fused-ring (bicyclic) bond motifs is 1. The van der Waals surface area contributed by atoms with Gasteiger partial charge in [0.1, 0.15) is 5.82 Å². The third-order valence-electron chi connectivity index (χ3n) is 3.04. The van der Waals surface area contributed by atoms with Gasteiger partial charge in [-0.25, -0.2) is 4.98 Å². The second kappa shape index (κ2) is 4.63. The molecule has 0 radical (unpaired) electrons. The maximum Gasteiger partial charge on any atom is 0.144 e. The number of nitrogens with zero attached hydrogens (tertiary/aromatic N) is 2. The fourth-order valence-corrected chi connectivity index (χ4v) is 2.21. The van der Waals surface area contributed by atoms with Gasteiger partial charge in [0.25, 0.3) is 0 Å². The van der Waals surface area contributed by atoms with Crippen LogP contribution in [0.15, 0.2) is 54.7 Å². The van der Waals surface area contributed by atoms with Crippen LogP contribution in [0.3, 0.4) is 0 Å². The molecular weight excluding hydrogens is 222 g/mol. The summed E-state index contributed by atoms with van der Waals surface area (Å²) in [4.78, 5) is 4.73. The summed E-state index contributed by atoms with van der Waals surface area (Å²) in [6, 6.07) is 16.4. The lowest BCUT2D eigenvalue weighted by molar-refractivity contribution is 0.944. The molecule has 3 rings (SSSR count). The maximum absolute atomic E-state index is 5.65. The first kappa shape index (κ1) is 11.0. The van der Waals surface area contributed by atoms with Crippen LogP contribution in [0.1, 0.15) is 5.69 Å². The summed E-state index contributed by atoms with van der Waals surface area (Å²) in [5, 5.41) is 0. The van der Waals surface area contributed by atoms with Crippen LogP contribution in [-0.4, -0.2) is 15.9 Å². The van der Waals surface area contributed by atoms with Crippen molar-refractivity contribution in [2.45, 2.75) is 6.42 Å². The van der Waals surface area contributed by atoms with Crippen molar-refractivity contribution in [1.29, 1.82) is 0 Å². The minimum absolute atomic E-state index is 0.621. The van der Waals surface area contributed by atoms with Crippen LogP contribution in [0.4, 0.5) is 0 Å². The van der Waals surface area contributed by atoms with E-state index in [9.17, 15) is 0 Å². The molecule has 3 aromatic rings. The second-order valence-electron chi connectivity index (χ2n) is 4.24. The first-order valence-electron chi connectivity index (χ1n) is 6.11. The Labute approximate surface area is 106 Å². The maximum atomic E-state index is 5.65. The quantitative estimate of drug-likeness (QED) is 0.760. The summed E-state index contributed by atoms with van der Waals surface area (Å²) >= 11 is 0. The predicted molar refractivity (Wildman–Crippen MR) is 73.4 cm³/mol. The Kier molecular flexibility index (Phi) is 2.82. The molecule has 3 heteroatoms. The lowest BCUT2D eigenvalue weighted by Crippen LogP contribution is -2.03. The van der Waals surface area contributed by atoms with Crippen LogP contribution in [0.5, 0.6) is 0 Å². The number of hydrogen-bond acceptors (Lipinski definition) is 2. The van der Waals surface area contributed by atoms with Gasteiger partial charge in [-0.15, -0.1) is 0 Å². The molecule has 1 aromatic carbocycles. The summed E-state index contributed by atoms with van der Waals surface area (Å²) in [6.45, 7) is 0.621. The summed E-state index contributed by atoms with van der Waals surface area (Å²) in [5.74, 6) is 0.981. The van der Waals surface area contributed by atoms with Crippen molar-refractivity contribution in [3.8, 4) is 11.4 Å².